The van der Waals surface area contributed by atoms with Crippen molar-refractivity contribution in [3.63, 3.8) is 0 Å². The zero-order chi connectivity index (χ0) is 24.1. The van der Waals surface area contributed by atoms with Gasteiger partial charge in [0.25, 0.3) is 5.91 Å². The molecule has 0 atom stereocenters. The normalized spacial score (nSPS) is 12.0. The Kier molecular flexibility index (Phi) is 6.77. The number of methoxy groups -OCH3 is 2. The van der Waals surface area contributed by atoms with Crippen LogP contribution in [-0.2, 0) is 17.7 Å². The van der Waals surface area contributed by atoms with Crippen molar-refractivity contribution in [2.75, 3.05) is 31.0 Å². The van der Waals surface area contributed by atoms with Crippen LogP contribution in [-0.4, -0.2) is 38.7 Å². The van der Waals surface area contributed by atoms with Crippen LogP contribution >= 0.6 is 0 Å². The maximum atomic E-state index is 13.1. The predicted molar refractivity (Wildman–Crippen MR) is 128 cm³/mol. The smallest absolute Gasteiger partial charge is 0.339 e. The Labute approximate surface area is 197 Å². The molecule has 34 heavy (non-hydrogen) atoms. The average molecular weight is 460 g/mol. The number of fused-ring (bicyclic) bond motifs is 1. The van der Waals surface area contributed by atoms with E-state index in [0.29, 0.717) is 23.5 Å². The van der Waals surface area contributed by atoms with Gasteiger partial charge in [-0.3, -0.25) is 4.79 Å². The largest absolute Gasteiger partial charge is 0.497 e. The van der Waals surface area contributed by atoms with E-state index < -0.39 is 12.0 Å². The molecule has 0 aromatic heterocycles. The summed E-state index contributed by atoms with van der Waals surface area (Å²) in [6, 6.07) is 19.0. The van der Waals surface area contributed by atoms with Crippen molar-refractivity contribution in [1.82, 2.24) is 5.32 Å². The Balaban J connectivity index is 1.43. The third kappa shape index (κ3) is 4.85. The van der Waals surface area contributed by atoms with Gasteiger partial charge in [0, 0.05) is 24.3 Å². The highest BCUT2D eigenvalue weighted by atomic mass is 16.5. The Bertz CT molecular complexity index is 1220. The van der Waals surface area contributed by atoms with Gasteiger partial charge in [-0.2, -0.15) is 0 Å². The number of benzene rings is 3. The van der Waals surface area contributed by atoms with Crippen LogP contribution in [0.5, 0.6) is 5.75 Å². The topological polar surface area (TPSA) is 97.0 Å². The van der Waals surface area contributed by atoms with E-state index >= 15 is 0 Å². The molecular weight excluding hydrogens is 434 g/mol. The summed E-state index contributed by atoms with van der Waals surface area (Å²) in [5.74, 6) is 0.0824. The van der Waals surface area contributed by atoms with Crippen molar-refractivity contribution in [2.24, 2.45) is 0 Å². The molecule has 0 unspecified atom stereocenters. The molecule has 0 radical (unpaired) electrons. The molecule has 174 valence electrons. The number of nitrogens with zero attached hydrogens (tertiary/aromatic N) is 1. The Morgan fingerprint density at radius 3 is 2.47 bits per heavy atom. The second-order valence-electron chi connectivity index (χ2n) is 7.74. The summed E-state index contributed by atoms with van der Waals surface area (Å²) in [6.07, 6.45) is 0.774. The highest BCUT2D eigenvalue weighted by Gasteiger charge is 2.26. The molecule has 3 amide bonds. The highest BCUT2D eigenvalue weighted by molar-refractivity contribution is 6.07. The first-order valence-corrected chi connectivity index (χ1v) is 10.8. The van der Waals surface area contributed by atoms with Crippen LogP contribution < -0.4 is 20.3 Å². The lowest BCUT2D eigenvalue weighted by Crippen LogP contribution is -2.30. The highest BCUT2D eigenvalue weighted by Crippen LogP contribution is 2.30. The number of ether oxygens (including phenoxy) is 2. The third-order valence-electron chi connectivity index (χ3n) is 5.66. The van der Waals surface area contributed by atoms with Crippen LogP contribution in [0.15, 0.2) is 66.7 Å². The number of carbonyl (C=O) groups is 3. The van der Waals surface area contributed by atoms with Crippen molar-refractivity contribution in [3.8, 4) is 5.75 Å². The maximum Gasteiger partial charge on any atom is 0.339 e. The quantitative estimate of drug-likeness (QED) is 0.543. The summed E-state index contributed by atoms with van der Waals surface area (Å²) in [4.78, 5) is 39.2. The minimum absolute atomic E-state index is 0.0799. The van der Waals surface area contributed by atoms with Crippen molar-refractivity contribution in [2.45, 2.75) is 13.0 Å². The van der Waals surface area contributed by atoms with Crippen molar-refractivity contribution in [1.29, 1.82) is 0 Å². The zero-order valence-electron chi connectivity index (χ0n) is 19.0. The Morgan fingerprint density at radius 2 is 1.74 bits per heavy atom. The zero-order valence-corrected chi connectivity index (χ0v) is 19.0. The first kappa shape index (κ1) is 22.8. The first-order valence-electron chi connectivity index (χ1n) is 10.8. The average Bonchev–Trinajstić information content (AvgIpc) is 3.30. The molecule has 2 N–H and O–H groups in total. The number of rotatable bonds is 6. The lowest BCUT2D eigenvalue weighted by Gasteiger charge is -2.18. The molecule has 0 spiro atoms. The van der Waals surface area contributed by atoms with E-state index in [-0.39, 0.29) is 18.0 Å². The van der Waals surface area contributed by atoms with E-state index in [1.165, 1.54) is 7.11 Å². The van der Waals surface area contributed by atoms with Crippen LogP contribution in [0.3, 0.4) is 0 Å². The van der Waals surface area contributed by atoms with Crippen LogP contribution in [0.1, 0.15) is 31.8 Å². The van der Waals surface area contributed by atoms with Crippen LogP contribution in [0, 0.1) is 0 Å². The molecule has 8 heteroatoms. The Hall–Kier alpha value is -4.33. The molecule has 0 saturated heterocycles. The predicted octanol–water partition coefficient (Wildman–Crippen LogP) is 4.01. The molecule has 1 aliphatic heterocycles. The lowest BCUT2D eigenvalue weighted by molar-refractivity contribution is 0.0601. The maximum absolute atomic E-state index is 13.1. The summed E-state index contributed by atoms with van der Waals surface area (Å²) < 4.78 is 9.92. The van der Waals surface area contributed by atoms with Gasteiger partial charge in [0.1, 0.15) is 5.75 Å². The lowest BCUT2D eigenvalue weighted by atomic mass is 10.1. The second-order valence-corrected chi connectivity index (χ2v) is 7.74. The van der Waals surface area contributed by atoms with Crippen LogP contribution in [0.4, 0.5) is 16.2 Å². The van der Waals surface area contributed by atoms with Gasteiger partial charge in [-0.1, -0.05) is 24.3 Å². The summed E-state index contributed by atoms with van der Waals surface area (Å²) in [7, 11) is 2.87. The molecule has 0 fully saturated rings. The number of anilines is 2. The van der Waals surface area contributed by atoms with E-state index in [9.17, 15) is 14.4 Å². The van der Waals surface area contributed by atoms with E-state index in [1.54, 1.807) is 60.5 Å². The molecular formula is C26H25N3O5. The van der Waals surface area contributed by atoms with Gasteiger partial charge in [-0.25, -0.2) is 9.59 Å². The van der Waals surface area contributed by atoms with Gasteiger partial charge in [0.15, 0.2) is 0 Å². The van der Waals surface area contributed by atoms with Crippen LogP contribution in [0.25, 0.3) is 0 Å². The molecule has 1 heterocycles. The molecule has 3 aromatic carbocycles. The minimum atomic E-state index is -0.531. The number of carbonyl (C=O) groups excluding carboxylic acids is 3. The van der Waals surface area contributed by atoms with Gasteiger partial charge in [0.2, 0.25) is 0 Å². The standard InChI is InChI=1S/C26H25N3O5/c1-33-20-11-9-19(10-12-20)24(30)29-14-13-18-8-7-17(15-23(18)29)16-27-26(32)28-22-6-4-3-5-21(22)25(31)34-2/h3-12,15H,13-14,16H2,1-2H3,(H2,27,28,32). The SMILES string of the molecule is COC(=O)c1ccccc1NC(=O)NCc1ccc2c(c1)N(C(=O)c1ccc(OC)cc1)CC2. The van der Waals surface area contributed by atoms with Crippen molar-refractivity contribution >= 4 is 29.3 Å². The van der Waals surface area contributed by atoms with Crippen LogP contribution in [0.2, 0.25) is 0 Å². The minimum Gasteiger partial charge on any atom is -0.497 e. The van der Waals surface area contributed by atoms with Gasteiger partial charge in [-0.05, 0) is 60.0 Å². The number of esters is 1. The fourth-order valence-corrected chi connectivity index (χ4v) is 3.86. The molecule has 8 nitrogen and oxygen atoms in total. The number of para-hydroxylation sites is 1. The fourth-order valence-electron chi connectivity index (χ4n) is 3.86. The third-order valence-corrected chi connectivity index (χ3v) is 5.66. The van der Waals surface area contributed by atoms with Gasteiger partial charge < -0.3 is 25.0 Å². The van der Waals surface area contributed by atoms with Crippen molar-refractivity contribution < 1.29 is 23.9 Å². The Morgan fingerprint density at radius 1 is 0.971 bits per heavy atom. The van der Waals surface area contributed by atoms with E-state index in [4.69, 9.17) is 9.47 Å². The number of amides is 3. The van der Waals surface area contributed by atoms with E-state index in [1.807, 2.05) is 18.2 Å². The van der Waals surface area contributed by atoms with Gasteiger partial charge in [0.05, 0.1) is 25.5 Å². The van der Waals surface area contributed by atoms with E-state index in [2.05, 4.69) is 10.6 Å². The van der Waals surface area contributed by atoms with Gasteiger partial charge >= 0.3 is 12.0 Å². The second kappa shape index (κ2) is 10.1. The summed E-state index contributed by atoms with van der Waals surface area (Å²) in [5.41, 5.74) is 3.99. The monoisotopic (exact) mass is 459 g/mol. The number of urea groups is 1. The van der Waals surface area contributed by atoms with E-state index in [0.717, 1.165) is 23.2 Å². The summed E-state index contributed by atoms with van der Waals surface area (Å²) >= 11 is 0. The number of hydrogen-bond donors (Lipinski definition) is 2. The van der Waals surface area contributed by atoms with Gasteiger partial charge in [-0.15, -0.1) is 0 Å². The molecule has 4 rings (SSSR count). The number of hydrogen-bond acceptors (Lipinski definition) is 5. The first-order chi connectivity index (χ1) is 16.5. The fraction of sp³-hybridized carbons (Fsp3) is 0.192. The summed E-state index contributed by atoms with van der Waals surface area (Å²) in [6.45, 7) is 0.853. The molecule has 0 aliphatic carbocycles. The molecule has 3 aromatic rings. The molecule has 0 saturated carbocycles. The van der Waals surface area contributed by atoms with Crippen molar-refractivity contribution in [3.05, 3.63) is 89.0 Å². The number of nitrogens with one attached hydrogen (secondary N) is 2. The molecule has 0 bridgehead atoms. The molecule has 1 aliphatic rings. The summed E-state index contributed by atoms with van der Waals surface area (Å²) in [5, 5.41) is 5.47.